The van der Waals surface area contributed by atoms with Crippen LogP contribution in [0.25, 0.3) is 0 Å². The number of rotatable bonds is 28. The molecule has 0 aliphatic carbocycles. The molecule has 0 bridgehead atoms. The SMILES string of the molecule is CCCCCCCCCCCCCCCC(S)SCCCCCCCCCCCCCC. The van der Waals surface area contributed by atoms with Crippen LogP contribution in [-0.4, -0.2) is 10.3 Å². The minimum atomic E-state index is 0.579. The molecule has 0 heterocycles. The van der Waals surface area contributed by atoms with Gasteiger partial charge >= 0.3 is 0 Å². The molecule has 32 heavy (non-hydrogen) atoms. The molecular formula is C30H62S2. The fourth-order valence-corrected chi connectivity index (χ4v) is 6.06. The molecule has 0 rings (SSSR count). The molecule has 0 aliphatic rings. The van der Waals surface area contributed by atoms with E-state index >= 15 is 0 Å². The van der Waals surface area contributed by atoms with Crippen LogP contribution in [-0.2, 0) is 0 Å². The Balaban J connectivity index is 3.13. The summed E-state index contributed by atoms with van der Waals surface area (Å²) < 4.78 is 0.579. The van der Waals surface area contributed by atoms with Crippen LogP contribution in [0.15, 0.2) is 0 Å². The molecule has 2 heteroatoms. The molecule has 0 N–H and O–H groups in total. The van der Waals surface area contributed by atoms with Crippen molar-refractivity contribution < 1.29 is 0 Å². The predicted molar refractivity (Wildman–Crippen MR) is 157 cm³/mol. The fraction of sp³-hybridized carbons (Fsp3) is 1.00. The average molecular weight is 487 g/mol. The van der Waals surface area contributed by atoms with Crippen LogP contribution in [0.4, 0.5) is 0 Å². The third-order valence-electron chi connectivity index (χ3n) is 6.86. The summed E-state index contributed by atoms with van der Waals surface area (Å²) in [5.41, 5.74) is 0. The lowest BCUT2D eigenvalue weighted by Gasteiger charge is -2.10. The van der Waals surface area contributed by atoms with Gasteiger partial charge in [0.25, 0.3) is 0 Å². The van der Waals surface area contributed by atoms with Crippen LogP contribution in [0.2, 0.25) is 0 Å². The molecule has 0 saturated heterocycles. The first-order valence-electron chi connectivity index (χ1n) is 15.1. The van der Waals surface area contributed by atoms with Crippen LogP contribution >= 0.6 is 24.4 Å². The van der Waals surface area contributed by atoms with Gasteiger partial charge in [-0.1, -0.05) is 168 Å². The Kier molecular flexibility index (Phi) is 30.4. The molecule has 0 saturated carbocycles. The largest absolute Gasteiger partial charge is 0.165 e. The molecular weight excluding hydrogens is 424 g/mol. The van der Waals surface area contributed by atoms with E-state index in [4.69, 9.17) is 12.6 Å². The van der Waals surface area contributed by atoms with Gasteiger partial charge < -0.3 is 0 Å². The molecule has 0 aromatic heterocycles. The van der Waals surface area contributed by atoms with Crippen molar-refractivity contribution >= 4 is 24.4 Å². The second kappa shape index (κ2) is 29.7. The van der Waals surface area contributed by atoms with Crippen molar-refractivity contribution in [2.45, 2.75) is 185 Å². The molecule has 0 amide bonds. The average Bonchev–Trinajstić information content (AvgIpc) is 2.80. The van der Waals surface area contributed by atoms with Gasteiger partial charge in [0.2, 0.25) is 0 Å². The first-order valence-corrected chi connectivity index (χ1v) is 16.7. The van der Waals surface area contributed by atoms with E-state index in [1.807, 2.05) is 0 Å². The monoisotopic (exact) mass is 486 g/mol. The van der Waals surface area contributed by atoms with Crippen LogP contribution in [0.1, 0.15) is 181 Å². The van der Waals surface area contributed by atoms with E-state index in [1.165, 1.54) is 173 Å². The molecule has 0 spiro atoms. The van der Waals surface area contributed by atoms with Gasteiger partial charge in [-0.3, -0.25) is 0 Å². The van der Waals surface area contributed by atoms with Gasteiger partial charge in [0.05, 0.1) is 0 Å². The molecule has 0 nitrogen and oxygen atoms in total. The topological polar surface area (TPSA) is 0 Å². The van der Waals surface area contributed by atoms with Crippen LogP contribution in [0, 0.1) is 0 Å². The molecule has 0 radical (unpaired) electrons. The summed E-state index contributed by atoms with van der Waals surface area (Å²) in [6.45, 7) is 4.60. The maximum atomic E-state index is 4.82. The van der Waals surface area contributed by atoms with Crippen LogP contribution < -0.4 is 0 Å². The second-order valence-corrected chi connectivity index (χ2v) is 12.5. The zero-order valence-corrected chi connectivity index (χ0v) is 24.2. The minimum absolute atomic E-state index is 0.579. The first kappa shape index (κ1) is 32.7. The zero-order valence-electron chi connectivity index (χ0n) is 22.5. The van der Waals surface area contributed by atoms with Gasteiger partial charge in [-0.25, -0.2) is 0 Å². The second-order valence-electron chi connectivity index (χ2n) is 10.2. The highest BCUT2D eigenvalue weighted by molar-refractivity contribution is 8.10. The zero-order chi connectivity index (χ0) is 23.4. The summed E-state index contributed by atoms with van der Waals surface area (Å²) >= 11 is 6.92. The number of thiol groups is 1. The Hall–Kier alpha value is 0.700. The highest BCUT2D eigenvalue weighted by Gasteiger charge is 2.03. The summed E-state index contributed by atoms with van der Waals surface area (Å²) in [5.74, 6) is 1.32. The van der Waals surface area contributed by atoms with Crippen molar-refractivity contribution in [2.75, 3.05) is 5.75 Å². The van der Waals surface area contributed by atoms with E-state index in [9.17, 15) is 0 Å². The third-order valence-corrected chi connectivity index (χ3v) is 8.71. The van der Waals surface area contributed by atoms with Gasteiger partial charge in [-0.2, -0.15) is 12.6 Å². The smallest absolute Gasteiger partial charge is 0.0472 e. The summed E-state index contributed by atoms with van der Waals surface area (Å²) in [6, 6.07) is 0. The maximum absolute atomic E-state index is 4.82. The van der Waals surface area contributed by atoms with Crippen LogP contribution in [0.5, 0.6) is 0 Å². The Morgan fingerprint density at radius 2 is 0.688 bits per heavy atom. The summed E-state index contributed by atoms with van der Waals surface area (Å²) in [7, 11) is 0. The lowest BCUT2D eigenvalue weighted by atomic mass is 10.0. The standard InChI is InChI=1S/C30H62S2/c1-3-5-7-9-11-13-15-17-18-20-22-24-26-28-30(31)32-29-27-25-23-21-19-16-14-12-10-8-6-4-2/h30-31H,3-29H2,1-2H3. The number of thioether (sulfide) groups is 1. The molecule has 0 aliphatic heterocycles. The number of hydrogen-bond acceptors (Lipinski definition) is 2. The van der Waals surface area contributed by atoms with Crippen LogP contribution in [0.3, 0.4) is 0 Å². The summed E-state index contributed by atoms with van der Waals surface area (Å²) in [5, 5.41) is 0. The lowest BCUT2D eigenvalue weighted by Crippen LogP contribution is -1.95. The van der Waals surface area contributed by atoms with Crippen molar-refractivity contribution in [3.63, 3.8) is 0 Å². The molecule has 0 aromatic carbocycles. The van der Waals surface area contributed by atoms with Gasteiger partial charge in [0.15, 0.2) is 0 Å². The normalized spacial score (nSPS) is 12.5. The van der Waals surface area contributed by atoms with E-state index < -0.39 is 0 Å². The summed E-state index contributed by atoms with van der Waals surface area (Å²) in [4.78, 5) is 0. The van der Waals surface area contributed by atoms with Crippen molar-refractivity contribution in [1.82, 2.24) is 0 Å². The first-order chi connectivity index (χ1) is 15.8. The maximum Gasteiger partial charge on any atom is 0.0472 e. The molecule has 194 valence electrons. The lowest BCUT2D eigenvalue weighted by molar-refractivity contribution is 0.538. The van der Waals surface area contributed by atoms with E-state index in [2.05, 4.69) is 25.6 Å². The highest BCUT2D eigenvalue weighted by Crippen LogP contribution is 2.23. The molecule has 0 aromatic rings. The van der Waals surface area contributed by atoms with E-state index in [-0.39, 0.29) is 0 Å². The van der Waals surface area contributed by atoms with Gasteiger partial charge in [-0.05, 0) is 18.6 Å². The molecule has 0 fully saturated rings. The van der Waals surface area contributed by atoms with Crippen molar-refractivity contribution in [1.29, 1.82) is 0 Å². The van der Waals surface area contributed by atoms with Gasteiger partial charge in [0, 0.05) is 4.58 Å². The minimum Gasteiger partial charge on any atom is -0.165 e. The molecule has 1 atom stereocenters. The Morgan fingerprint density at radius 1 is 0.406 bits per heavy atom. The van der Waals surface area contributed by atoms with Crippen molar-refractivity contribution in [2.24, 2.45) is 0 Å². The Bertz CT molecular complexity index is 288. The van der Waals surface area contributed by atoms with E-state index in [0.29, 0.717) is 4.58 Å². The predicted octanol–water partition coefficient (Wildman–Crippen LogP) is 12.2. The fourth-order valence-electron chi connectivity index (χ4n) is 4.58. The number of unbranched alkanes of at least 4 members (excludes halogenated alkanes) is 23. The number of hydrogen-bond donors (Lipinski definition) is 1. The van der Waals surface area contributed by atoms with Gasteiger partial charge in [-0.15, -0.1) is 11.8 Å². The Morgan fingerprint density at radius 3 is 1.03 bits per heavy atom. The van der Waals surface area contributed by atoms with E-state index in [1.54, 1.807) is 0 Å². The van der Waals surface area contributed by atoms with Gasteiger partial charge in [0.1, 0.15) is 0 Å². The quantitative estimate of drug-likeness (QED) is 0.0651. The van der Waals surface area contributed by atoms with E-state index in [0.717, 1.165) is 0 Å². The Labute approximate surface area is 215 Å². The molecule has 1 unspecified atom stereocenters. The van der Waals surface area contributed by atoms with Crippen molar-refractivity contribution in [3.05, 3.63) is 0 Å². The highest BCUT2D eigenvalue weighted by atomic mass is 32.2. The third kappa shape index (κ3) is 28.7. The summed E-state index contributed by atoms with van der Waals surface area (Å²) in [6.07, 6.45) is 37.5. The van der Waals surface area contributed by atoms with Crippen molar-refractivity contribution in [3.8, 4) is 0 Å².